The number of hydrogen-bond donors (Lipinski definition) is 3. The van der Waals surface area contributed by atoms with Gasteiger partial charge in [0.25, 0.3) is 0 Å². The van der Waals surface area contributed by atoms with Crippen molar-refractivity contribution in [3.63, 3.8) is 0 Å². The average Bonchev–Trinajstić information content (AvgIpc) is 2.90. The number of halogens is 1. The highest BCUT2D eigenvalue weighted by atomic mass is 35.5. The fourth-order valence-electron chi connectivity index (χ4n) is 4.12. The number of alkyl carbamates (subject to hydrolysis) is 1. The Labute approximate surface area is 267 Å². The molecule has 0 aliphatic carbocycles. The van der Waals surface area contributed by atoms with Crippen LogP contribution in [0.15, 0.2) is 71.0 Å². The van der Waals surface area contributed by atoms with Crippen molar-refractivity contribution in [3.05, 3.63) is 71.0 Å². The second-order valence-corrected chi connectivity index (χ2v) is 13.0. The number of cyclic esters (lactones) is 1. The summed E-state index contributed by atoms with van der Waals surface area (Å²) in [5, 5.41) is 8.78. The zero-order valence-corrected chi connectivity index (χ0v) is 28.3. The molecule has 1 aliphatic heterocycles. The number of amides is 3. The molecule has 0 bridgehead atoms. The van der Waals surface area contributed by atoms with Crippen LogP contribution in [0.25, 0.3) is 0 Å². The Hall–Kier alpha value is -3.59. The van der Waals surface area contributed by atoms with E-state index in [0.29, 0.717) is 29.9 Å². The highest BCUT2D eigenvalue weighted by molar-refractivity contribution is 6.29. The first-order valence-corrected chi connectivity index (χ1v) is 15.3. The van der Waals surface area contributed by atoms with Crippen LogP contribution in [0.3, 0.4) is 0 Å². The quantitative estimate of drug-likeness (QED) is 0.114. The van der Waals surface area contributed by atoms with Crippen molar-refractivity contribution in [1.82, 2.24) is 16.0 Å². The minimum absolute atomic E-state index is 0.0368. The predicted molar refractivity (Wildman–Crippen MR) is 176 cm³/mol. The summed E-state index contributed by atoms with van der Waals surface area (Å²) in [7, 11) is 0. The number of ether oxygens (including phenoxy) is 2. The second-order valence-electron chi connectivity index (χ2n) is 12.4. The van der Waals surface area contributed by atoms with Crippen LogP contribution < -0.4 is 16.0 Å². The lowest BCUT2D eigenvalue weighted by Crippen LogP contribution is -2.52. The van der Waals surface area contributed by atoms with Crippen LogP contribution in [-0.2, 0) is 23.9 Å². The minimum atomic E-state index is -0.808. The van der Waals surface area contributed by atoms with Gasteiger partial charge in [-0.1, -0.05) is 87.4 Å². The molecule has 1 unspecified atom stereocenters. The summed E-state index contributed by atoms with van der Waals surface area (Å²) in [6.45, 7) is 16.7. The molecule has 44 heavy (non-hydrogen) atoms. The van der Waals surface area contributed by atoms with E-state index in [-0.39, 0.29) is 29.9 Å². The van der Waals surface area contributed by atoms with Gasteiger partial charge in [0.15, 0.2) is 0 Å². The third-order valence-corrected chi connectivity index (χ3v) is 6.72. The van der Waals surface area contributed by atoms with E-state index in [9.17, 15) is 19.2 Å². The molecule has 0 fully saturated rings. The fourth-order valence-corrected chi connectivity index (χ4v) is 4.21. The first-order chi connectivity index (χ1) is 20.5. The van der Waals surface area contributed by atoms with Gasteiger partial charge in [-0.25, -0.2) is 9.59 Å². The van der Waals surface area contributed by atoms with Gasteiger partial charge in [-0.2, -0.15) is 0 Å². The van der Waals surface area contributed by atoms with E-state index in [1.807, 2.05) is 66.7 Å². The molecular weight excluding hydrogens is 582 g/mol. The van der Waals surface area contributed by atoms with Crippen molar-refractivity contribution in [2.45, 2.75) is 106 Å². The van der Waals surface area contributed by atoms with E-state index in [4.69, 9.17) is 21.1 Å². The van der Waals surface area contributed by atoms with Crippen molar-refractivity contribution in [1.29, 1.82) is 0 Å². The van der Waals surface area contributed by atoms with Gasteiger partial charge in [0.1, 0.15) is 18.2 Å². The Morgan fingerprint density at radius 3 is 2.34 bits per heavy atom. The molecule has 1 heterocycles. The SMILES string of the molecule is CC1=CC[C@@H]([C@@H](C)/C=C(C)/C=C/C=C/C(=O)N[C@H](C(=O)N/C=C\CC(C/C=C(\C)Cl)OC(=O)NC(C)C)C(C)(C)C)OC1=O. The summed E-state index contributed by atoms with van der Waals surface area (Å²) in [5.74, 6) is -1.03. The van der Waals surface area contributed by atoms with E-state index < -0.39 is 29.6 Å². The van der Waals surface area contributed by atoms with Crippen LogP contribution in [0.1, 0.15) is 81.6 Å². The normalized spacial score (nSPS) is 18.7. The molecule has 1 rings (SSSR count). The molecule has 3 amide bonds. The van der Waals surface area contributed by atoms with E-state index in [0.717, 1.165) is 5.57 Å². The lowest BCUT2D eigenvalue weighted by atomic mass is 9.86. The van der Waals surface area contributed by atoms with Crippen molar-refractivity contribution < 1.29 is 28.7 Å². The van der Waals surface area contributed by atoms with Crippen LogP contribution in [0.4, 0.5) is 4.79 Å². The molecule has 1 aliphatic rings. The molecule has 0 saturated heterocycles. The van der Waals surface area contributed by atoms with E-state index in [1.165, 1.54) is 12.3 Å². The monoisotopic (exact) mass is 631 g/mol. The first-order valence-electron chi connectivity index (χ1n) is 15.0. The summed E-state index contributed by atoms with van der Waals surface area (Å²) in [6.07, 6.45) is 15.7. The van der Waals surface area contributed by atoms with Crippen molar-refractivity contribution in [2.24, 2.45) is 11.3 Å². The Morgan fingerprint density at radius 2 is 1.75 bits per heavy atom. The highest BCUT2D eigenvalue weighted by Gasteiger charge is 2.32. The van der Waals surface area contributed by atoms with Crippen LogP contribution in [-0.4, -0.2) is 48.2 Å². The molecule has 0 saturated carbocycles. The molecule has 0 aromatic rings. The largest absolute Gasteiger partial charge is 0.458 e. The van der Waals surface area contributed by atoms with Gasteiger partial charge in [0.05, 0.1) is 0 Å². The molecule has 4 atom stereocenters. The van der Waals surface area contributed by atoms with Crippen LogP contribution >= 0.6 is 11.6 Å². The van der Waals surface area contributed by atoms with Crippen LogP contribution in [0.2, 0.25) is 0 Å². The number of allylic oxidation sites excluding steroid dienone is 5. The second kappa shape index (κ2) is 18.9. The number of carbonyl (C=O) groups excluding carboxylic acids is 4. The van der Waals surface area contributed by atoms with E-state index in [1.54, 1.807) is 38.2 Å². The summed E-state index contributed by atoms with van der Waals surface area (Å²) >= 11 is 5.94. The molecular formula is C34H50ClN3O6. The van der Waals surface area contributed by atoms with Crippen LogP contribution in [0, 0.1) is 11.3 Å². The number of esters is 1. The maximum atomic E-state index is 13.0. The molecule has 0 radical (unpaired) electrons. The standard InChI is InChI=1S/C34H50ClN3O6/c1-22(2)37-33(42)43-27(18-17-26(6)35)14-12-20-36-31(40)30(34(7,8)9)38-29(39)15-11-10-13-23(3)21-25(5)28-19-16-24(4)32(41)44-28/h10-13,15-17,20-22,25,27-28,30H,14,18-19H2,1-9H3,(H,36,40)(H,37,42)(H,38,39)/b13-10+,15-11+,20-12-,23-21+,26-17+/t25-,27?,28-,30+/m0/s1. The van der Waals surface area contributed by atoms with Crippen molar-refractivity contribution in [2.75, 3.05) is 0 Å². The van der Waals surface area contributed by atoms with Gasteiger partial charge in [-0.15, -0.1) is 0 Å². The van der Waals surface area contributed by atoms with Gasteiger partial charge < -0.3 is 25.4 Å². The molecule has 10 heteroatoms. The minimum Gasteiger partial charge on any atom is -0.458 e. The molecule has 0 spiro atoms. The summed E-state index contributed by atoms with van der Waals surface area (Å²) in [4.78, 5) is 49.5. The Balaban J connectivity index is 2.73. The van der Waals surface area contributed by atoms with E-state index in [2.05, 4.69) is 16.0 Å². The molecule has 0 aromatic carbocycles. The Bertz CT molecular complexity index is 1190. The third kappa shape index (κ3) is 15.8. The molecule has 0 aromatic heterocycles. The summed E-state index contributed by atoms with van der Waals surface area (Å²) in [5.41, 5.74) is 1.03. The summed E-state index contributed by atoms with van der Waals surface area (Å²) in [6, 6.07) is -0.871. The third-order valence-electron chi connectivity index (χ3n) is 6.57. The topological polar surface area (TPSA) is 123 Å². The van der Waals surface area contributed by atoms with Gasteiger partial charge in [0, 0.05) is 47.9 Å². The number of rotatable bonds is 14. The summed E-state index contributed by atoms with van der Waals surface area (Å²) < 4.78 is 11.0. The average molecular weight is 632 g/mol. The predicted octanol–water partition coefficient (Wildman–Crippen LogP) is 6.53. The zero-order valence-electron chi connectivity index (χ0n) is 27.5. The highest BCUT2D eigenvalue weighted by Crippen LogP contribution is 2.22. The maximum absolute atomic E-state index is 13.0. The maximum Gasteiger partial charge on any atom is 0.407 e. The fraction of sp³-hybridized carbons (Fsp3) is 0.529. The van der Waals surface area contributed by atoms with Gasteiger partial charge in [-0.05, 0) is 46.2 Å². The molecule has 9 nitrogen and oxygen atoms in total. The Morgan fingerprint density at radius 1 is 1.09 bits per heavy atom. The lowest BCUT2D eigenvalue weighted by Gasteiger charge is -2.29. The van der Waals surface area contributed by atoms with E-state index >= 15 is 0 Å². The number of nitrogens with one attached hydrogen (secondary N) is 3. The molecule has 244 valence electrons. The number of carbonyl (C=O) groups is 4. The zero-order chi connectivity index (χ0) is 33.4. The van der Waals surface area contributed by atoms with Crippen molar-refractivity contribution >= 4 is 35.5 Å². The first kappa shape index (κ1) is 38.4. The van der Waals surface area contributed by atoms with Crippen molar-refractivity contribution in [3.8, 4) is 0 Å². The lowest BCUT2D eigenvalue weighted by molar-refractivity contribution is -0.147. The van der Waals surface area contributed by atoms with Gasteiger partial charge >= 0.3 is 12.1 Å². The number of hydrogen-bond acceptors (Lipinski definition) is 6. The van der Waals surface area contributed by atoms with Gasteiger partial charge in [0.2, 0.25) is 11.8 Å². The van der Waals surface area contributed by atoms with Crippen LogP contribution in [0.5, 0.6) is 0 Å². The molecule has 3 N–H and O–H groups in total. The smallest absolute Gasteiger partial charge is 0.407 e. The Kier molecular flexibility index (Phi) is 16.5. The van der Waals surface area contributed by atoms with Gasteiger partial charge in [-0.3, -0.25) is 9.59 Å².